The van der Waals surface area contributed by atoms with Gasteiger partial charge in [-0.25, -0.2) is 4.39 Å². The number of amides is 2. The van der Waals surface area contributed by atoms with Crippen molar-refractivity contribution in [3.8, 4) is 5.75 Å². The van der Waals surface area contributed by atoms with Gasteiger partial charge in [-0.15, -0.1) is 0 Å². The Bertz CT molecular complexity index is 944. The van der Waals surface area contributed by atoms with E-state index in [1.54, 1.807) is 12.3 Å². The van der Waals surface area contributed by atoms with Crippen molar-refractivity contribution in [2.45, 2.75) is 43.7 Å². The molecule has 3 saturated carbocycles. The third kappa shape index (κ3) is 3.92. The zero-order valence-corrected chi connectivity index (χ0v) is 16.7. The molecule has 1 heterocycles. The van der Waals surface area contributed by atoms with Gasteiger partial charge in [0.05, 0.1) is 5.02 Å². The second kappa shape index (κ2) is 7.30. The summed E-state index contributed by atoms with van der Waals surface area (Å²) < 4.78 is 18.7. The number of carbonyl (C=O) groups is 2. The van der Waals surface area contributed by atoms with Gasteiger partial charge in [0, 0.05) is 23.3 Å². The van der Waals surface area contributed by atoms with Gasteiger partial charge in [-0.05, 0) is 49.4 Å². The number of hydrogen-bond acceptors (Lipinski definition) is 4. The lowest BCUT2D eigenvalue weighted by molar-refractivity contribution is -0.141. The summed E-state index contributed by atoms with van der Waals surface area (Å²) in [4.78, 5) is 28.8. The predicted molar refractivity (Wildman–Crippen MR) is 105 cm³/mol. The Hall–Kier alpha value is -2.67. The fourth-order valence-electron chi connectivity index (χ4n) is 4.17. The number of nitrogens with one attached hydrogen (secondary N) is 2. The van der Waals surface area contributed by atoms with Crippen molar-refractivity contribution >= 4 is 23.4 Å². The highest BCUT2D eigenvalue weighted by Gasteiger charge is 2.69. The van der Waals surface area contributed by atoms with Crippen LogP contribution in [0.3, 0.4) is 0 Å². The Morgan fingerprint density at radius 1 is 1.17 bits per heavy atom. The molecule has 5 rings (SSSR count). The van der Waals surface area contributed by atoms with Crippen LogP contribution in [0.5, 0.6) is 5.75 Å². The van der Waals surface area contributed by atoms with Gasteiger partial charge in [-0.1, -0.05) is 24.6 Å². The Morgan fingerprint density at radius 2 is 1.90 bits per heavy atom. The fourth-order valence-corrected chi connectivity index (χ4v) is 4.29. The average Bonchev–Trinajstić information content (AvgIpc) is 2.66. The Morgan fingerprint density at radius 3 is 2.52 bits per heavy atom. The SMILES string of the molecule is CCc1ccc(C(=O)NC23CC(NC(=O)COc4ccc(Cl)c(F)c4)(C2)C3)nc1. The largest absolute Gasteiger partial charge is 0.484 e. The maximum Gasteiger partial charge on any atom is 0.270 e. The summed E-state index contributed by atoms with van der Waals surface area (Å²) in [5.41, 5.74) is 0.916. The lowest BCUT2D eigenvalue weighted by atomic mass is 9.44. The second-order valence-electron chi connectivity index (χ2n) is 7.86. The molecule has 0 saturated heterocycles. The zero-order chi connectivity index (χ0) is 20.6. The quantitative estimate of drug-likeness (QED) is 0.725. The number of carbonyl (C=O) groups excluding carboxylic acids is 2. The number of hydrogen-bond donors (Lipinski definition) is 2. The summed E-state index contributed by atoms with van der Waals surface area (Å²) in [6.45, 7) is 1.82. The molecule has 2 N–H and O–H groups in total. The van der Waals surface area contributed by atoms with E-state index in [4.69, 9.17) is 16.3 Å². The predicted octanol–water partition coefficient (Wildman–Crippen LogP) is 3.04. The minimum atomic E-state index is -0.597. The van der Waals surface area contributed by atoms with Crippen molar-refractivity contribution in [3.63, 3.8) is 0 Å². The molecule has 3 aliphatic rings. The molecule has 0 radical (unpaired) electrons. The van der Waals surface area contributed by atoms with Crippen LogP contribution in [0.25, 0.3) is 0 Å². The lowest BCUT2D eigenvalue weighted by Crippen LogP contribution is -2.84. The molecule has 3 aliphatic carbocycles. The van der Waals surface area contributed by atoms with Crippen molar-refractivity contribution < 1.29 is 18.7 Å². The monoisotopic (exact) mass is 417 g/mol. The molecule has 0 spiro atoms. The van der Waals surface area contributed by atoms with Gasteiger partial charge in [-0.3, -0.25) is 14.6 Å². The molecule has 0 atom stereocenters. The van der Waals surface area contributed by atoms with Gasteiger partial charge in [0.1, 0.15) is 17.3 Å². The summed E-state index contributed by atoms with van der Waals surface area (Å²) in [7, 11) is 0. The summed E-state index contributed by atoms with van der Waals surface area (Å²) in [6.07, 6.45) is 4.63. The third-order valence-electron chi connectivity index (χ3n) is 5.54. The molecule has 0 aliphatic heterocycles. The molecule has 1 aromatic heterocycles. The Kier molecular flexibility index (Phi) is 4.94. The van der Waals surface area contributed by atoms with Crippen LogP contribution in [0.2, 0.25) is 5.02 Å². The first-order valence-electron chi connectivity index (χ1n) is 9.48. The molecule has 2 amide bonds. The zero-order valence-electron chi connectivity index (χ0n) is 15.9. The molecule has 3 fully saturated rings. The van der Waals surface area contributed by atoms with Gasteiger partial charge in [0.25, 0.3) is 11.8 Å². The standard InChI is InChI=1S/C21H21ClFN3O3/c1-2-13-3-6-17(24-8-13)19(28)26-21-10-20(11-21,12-21)25-18(27)9-29-14-4-5-15(22)16(23)7-14/h3-8H,2,9-12H2,1H3,(H,25,27)(H,26,28). The highest BCUT2D eigenvalue weighted by molar-refractivity contribution is 6.30. The highest BCUT2D eigenvalue weighted by Crippen LogP contribution is 2.60. The molecule has 2 aromatic rings. The molecule has 6 nitrogen and oxygen atoms in total. The number of halogens is 2. The molecule has 152 valence electrons. The average molecular weight is 418 g/mol. The number of nitrogens with zero attached hydrogens (tertiary/aromatic N) is 1. The van der Waals surface area contributed by atoms with Crippen molar-refractivity contribution in [1.29, 1.82) is 0 Å². The van der Waals surface area contributed by atoms with Crippen molar-refractivity contribution in [1.82, 2.24) is 15.6 Å². The molecule has 1 aromatic carbocycles. The Labute approximate surface area is 172 Å². The van der Waals surface area contributed by atoms with Crippen molar-refractivity contribution in [3.05, 3.63) is 58.6 Å². The van der Waals surface area contributed by atoms with Crippen LogP contribution in [0.1, 0.15) is 42.2 Å². The van der Waals surface area contributed by atoms with E-state index in [1.165, 1.54) is 12.1 Å². The van der Waals surface area contributed by atoms with Crippen LogP contribution in [-0.2, 0) is 11.2 Å². The van der Waals surface area contributed by atoms with Crippen LogP contribution < -0.4 is 15.4 Å². The van der Waals surface area contributed by atoms with E-state index >= 15 is 0 Å². The summed E-state index contributed by atoms with van der Waals surface area (Å²) in [5.74, 6) is -0.831. The van der Waals surface area contributed by atoms with E-state index < -0.39 is 5.82 Å². The number of pyridine rings is 1. The van der Waals surface area contributed by atoms with E-state index in [0.717, 1.165) is 18.1 Å². The van der Waals surface area contributed by atoms with Crippen molar-refractivity contribution in [2.75, 3.05) is 6.61 Å². The van der Waals surface area contributed by atoms with Crippen molar-refractivity contribution in [2.24, 2.45) is 0 Å². The van der Waals surface area contributed by atoms with Gasteiger partial charge in [0.2, 0.25) is 0 Å². The normalized spacial score (nSPS) is 24.1. The van der Waals surface area contributed by atoms with Crippen LogP contribution in [0.4, 0.5) is 4.39 Å². The molecular formula is C21H21ClFN3O3. The highest BCUT2D eigenvalue weighted by atomic mass is 35.5. The van der Waals surface area contributed by atoms with Gasteiger partial charge in [-0.2, -0.15) is 0 Å². The number of aryl methyl sites for hydroxylation is 1. The fraction of sp³-hybridized carbons (Fsp3) is 0.381. The van der Waals surface area contributed by atoms with E-state index in [0.29, 0.717) is 25.0 Å². The topological polar surface area (TPSA) is 80.3 Å². The molecular weight excluding hydrogens is 397 g/mol. The van der Waals surface area contributed by atoms with Crippen LogP contribution in [0, 0.1) is 5.82 Å². The number of ether oxygens (including phenoxy) is 1. The Balaban J connectivity index is 1.23. The van der Waals surface area contributed by atoms with Crippen LogP contribution in [0.15, 0.2) is 36.5 Å². The first kappa shape index (κ1) is 19.6. The van der Waals surface area contributed by atoms with E-state index in [9.17, 15) is 14.0 Å². The van der Waals surface area contributed by atoms with Crippen LogP contribution in [-0.4, -0.2) is 34.5 Å². The van der Waals surface area contributed by atoms with Gasteiger partial charge in [0.15, 0.2) is 6.61 Å². The first-order valence-corrected chi connectivity index (χ1v) is 9.86. The first-order chi connectivity index (χ1) is 13.8. The van der Waals surface area contributed by atoms with E-state index in [1.807, 2.05) is 13.0 Å². The lowest BCUT2D eigenvalue weighted by Gasteiger charge is -2.70. The number of rotatable bonds is 7. The third-order valence-corrected chi connectivity index (χ3v) is 5.85. The number of aromatic nitrogens is 1. The number of benzene rings is 1. The minimum absolute atomic E-state index is 0.000444. The second-order valence-corrected chi connectivity index (χ2v) is 8.27. The maximum absolute atomic E-state index is 13.4. The van der Waals surface area contributed by atoms with Gasteiger partial charge >= 0.3 is 0 Å². The minimum Gasteiger partial charge on any atom is -0.484 e. The molecule has 8 heteroatoms. The van der Waals surface area contributed by atoms with E-state index in [-0.39, 0.29) is 40.3 Å². The summed E-state index contributed by atoms with van der Waals surface area (Å²) >= 11 is 5.62. The maximum atomic E-state index is 13.4. The molecule has 2 bridgehead atoms. The summed E-state index contributed by atoms with van der Waals surface area (Å²) in [5, 5.41) is 6.00. The van der Waals surface area contributed by atoms with Gasteiger partial charge < -0.3 is 15.4 Å². The smallest absolute Gasteiger partial charge is 0.270 e. The summed E-state index contributed by atoms with van der Waals surface area (Å²) in [6, 6.07) is 7.65. The van der Waals surface area contributed by atoms with Crippen LogP contribution >= 0.6 is 11.6 Å². The van der Waals surface area contributed by atoms with E-state index in [2.05, 4.69) is 15.6 Å². The molecule has 29 heavy (non-hydrogen) atoms. The molecule has 0 unspecified atom stereocenters.